The van der Waals surface area contributed by atoms with Crippen molar-refractivity contribution in [2.24, 2.45) is 5.92 Å². The molecule has 0 bridgehead atoms. The summed E-state index contributed by atoms with van der Waals surface area (Å²) in [4.78, 5) is 4.49. The van der Waals surface area contributed by atoms with E-state index < -0.39 is 0 Å². The summed E-state index contributed by atoms with van der Waals surface area (Å²) < 4.78 is 5.72. The number of benzene rings is 1. The van der Waals surface area contributed by atoms with Gasteiger partial charge >= 0.3 is 0 Å². The molecular formula is C14H18N2OS. The molecule has 3 nitrogen and oxygen atoms in total. The lowest BCUT2D eigenvalue weighted by atomic mass is 10.2. The highest BCUT2D eigenvalue weighted by Gasteiger charge is 2.30. The fraction of sp³-hybridized carbons (Fsp3) is 0.500. The topological polar surface area (TPSA) is 38.1 Å². The second kappa shape index (κ2) is 5.33. The van der Waals surface area contributed by atoms with E-state index in [1.165, 1.54) is 12.8 Å². The van der Waals surface area contributed by atoms with Gasteiger partial charge in [0, 0.05) is 11.8 Å². The fourth-order valence-corrected chi connectivity index (χ4v) is 3.22. The quantitative estimate of drug-likeness (QED) is 0.811. The van der Waals surface area contributed by atoms with E-state index in [0.717, 1.165) is 34.5 Å². The van der Waals surface area contributed by atoms with E-state index in [4.69, 9.17) is 4.42 Å². The van der Waals surface area contributed by atoms with Gasteiger partial charge in [0.25, 0.3) is 5.22 Å². The first-order chi connectivity index (χ1) is 8.86. The van der Waals surface area contributed by atoms with Crippen molar-refractivity contribution >= 4 is 22.9 Å². The number of fused-ring (bicyclic) bond motifs is 1. The number of rotatable bonds is 6. The van der Waals surface area contributed by atoms with Gasteiger partial charge in [0.1, 0.15) is 5.52 Å². The largest absolute Gasteiger partial charge is 0.431 e. The summed E-state index contributed by atoms with van der Waals surface area (Å²) in [5.74, 6) is 1.91. The average Bonchev–Trinajstić information content (AvgIpc) is 3.13. The molecular weight excluding hydrogens is 244 g/mol. The van der Waals surface area contributed by atoms with Gasteiger partial charge in [-0.1, -0.05) is 30.8 Å². The van der Waals surface area contributed by atoms with Gasteiger partial charge in [0.15, 0.2) is 5.58 Å². The Morgan fingerprint density at radius 2 is 2.28 bits per heavy atom. The van der Waals surface area contributed by atoms with Gasteiger partial charge in [-0.2, -0.15) is 0 Å². The van der Waals surface area contributed by atoms with Crippen molar-refractivity contribution in [2.45, 2.75) is 31.0 Å². The van der Waals surface area contributed by atoms with E-state index in [-0.39, 0.29) is 0 Å². The number of para-hydroxylation sites is 2. The van der Waals surface area contributed by atoms with E-state index in [1.54, 1.807) is 11.8 Å². The van der Waals surface area contributed by atoms with Crippen LogP contribution in [0.5, 0.6) is 0 Å². The van der Waals surface area contributed by atoms with Gasteiger partial charge in [-0.15, -0.1) is 0 Å². The first kappa shape index (κ1) is 12.1. The maximum Gasteiger partial charge on any atom is 0.256 e. The van der Waals surface area contributed by atoms with E-state index in [1.807, 2.05) is 24.3 Å². The minimum Gasteiger partial charge on any atom is -0.431 e. The van der Waals surface area contributed by atoms with E-state index >= 15 is 0 Å². The molecule has 0 radical (unpaired) electrons. The molecule has 0 saturated heterocycles. The lowest BCUT2D eigenvalue weighted by Gasteiger charge is -2.15. The van der Waals surface area contributed by atoms with Crippen molar-refractivity contribution in [3.8, 4) is 0 Å². The molecule has 2 aromatic rings. The summed E-state index contributed by atoms with van der Waals surface area (Å²) in [6.45, 7) is 3.20. The molecule has 3 rings (SSSR count). The summed E-state index contributed by atoms with van der Waals surface area (Å²) in [5, 5.41) is 4.35. The molecule has 0 amide bonds. The molecule has 1 fully saturated rings. The Balaban J connectivity index is 1.64. The van der Waals surface area contributed by atoms with Gasteiger partial charge in [0.2, 0.25) is 0 Å². The summed E-state index contributed by atoms with van der Waals surface area (Å²) >= 11 is 1.72. The van der Waals surface area contributed by atoms with Gasteiger partial charge in [-0.3, -0.25) is 0 Å². The minimum atomic E-state index is 0.606. The van der Waals surface area contributed by atoms with E-state index in [9.17, 15) is 0 Å². The first-order valence-electron chi connectivity index (χ1n) is 6.58. The summed E-state index contributed by atoms with van der Waals surface area (Å²) in [6.07, 6.45) is 2.73. The summed E-state index contributed by atoms with van der Waals surface area (Å²) in [5.41, 5.74) is 1.83. The number of hydrogen-bond acceptors (Lipinski definition) is 4. The third-order valence-electron chi connectivity index (χ3n) is 3.32. The standard InChI is InChI=1S/C14H18N2OS/c1-2-15-12(10-7-8-10)9-18-14-16-11-5-3-4-6-13(11)17-14/h3-6,10,12,15H,2,7-9H2,1H3. The maximum absolute atomic E-state index is 5.72. The Bertz CT molecular complexity index is 488. The zero-order valence-corrected chi connectivity index (χ0v) is 11.4. The van der Waals surface area contributed by atoms with Crippen molar-refractivity contribution in [3.63, 3.8) is 0 Å². The zero-order valence-electron chi connectivity index (χ0n) is 10.6. The van der Waals surface area contributed by atoms with Gasteiger partial charge in [0.05, 0.1) is 0 Å². The molecule has 0 aliphatic heterocycles. The van der Waals surface area contributed by atoms with Crippen molar-refractivity contribution < 1.29 is 4.42 Å². The van der Waals surface area contributed by atoms with E-state index in [0.29, 0.717) is 6.04 Å². The van der Waals surface area contributed by atoms with Crippen LogP contribution in [0.4, 0.5) is 0 Å². The normalized spacial score (nSPS) is 17.2. The van der Waals surface area contributed by atoms with Gasteiger partial charge in [-0.05, 0) is 37.4 Å². The lowest BCUT2D eigenvalue weighted by Crippen LogP contribution is -2.33. The Morgan fingerprint density at radius 1 is 1.44 bits per heavy atom. The summed E-state index contributed by atoms with van der Waals surface area (Å²) in [7, 11) is 0. The van der Waals surface area contributed by atoms with Gasteiger partial charge < -0.3 is 9.73 Å². The highest BCUT2D eigenvalue weighted by Crippen LogP contribution is 2.35. The fourth-order valence-electron chi connectivity index (χ4n) is 2.20. The Hall–Kier alpha value is -1.00. The molecule has 96 valence electrons. The third kappa shape index (κ3) is 2.70. The number of aromatic nitrogens is 1. The summed E-state index contributed by atoms with van der Waals surface area (Å²) in [6, 6.07) is 8.54. The predicted molar refractivity (Wildman–Crippen MR) is 74.9 cm³/mol. The average molecular weight is 262 g/mol. The van der Waals surface area contributed by atoms with Crippen LogP contribution in [-0.2, 0) is 0 Å². The number of hydrogen-bond donors (Lipinski definition) is 1. The molecule has 1 N–H and O–H groups in total. The van der Waals surface area contributed by atoms with Crippen LogP contribution in [-0.4, -0.2) is 23.3 Å². The molecule has 4 heteroatoms. The van der Waals surface area contributed by atoms with Crippen molar-refractivity contribution in [1.82, 2.24) is 10.3 Å². The minimum absolute atomic E-state index is 0.606. The van der Waals surface area contributed by atoms with Crippen LogP contribution >= 0.6 is 11.8 Å². The van der Waals surface area contributed by atoms with Crippen LogP contribution in [0.15, 0.2) is 33.9 Å². The highest BCUT2D eigenvalue weighted by atomic mass is 32.2. The molecule has 1 atom stereocenters. The van der Waals surface area contributed by atoms with Crippen LogP contribution in [0, 0.1) is 5.92 Å². The molecule has 0 spiro atoms. The lowest BCUT2D eigenvalue weighted by molar-refractivity contribution is 0.483. The van der Waals surface area contributed by atoms with Crippen molar-refractivity contribution in [2.75, 3.05) is 12.3 Å². The van der Waals surface area contributed by atoms with Crippen molar-refractivity contribution in [1.29, 1.82) is 0 Å². The predicted octanol–water partition coefficient (Wildman–Crippen LogP) is 3.31. The Kier molecular flexibility index (Phi) is 3.57. The first-order valence-corrected chi connectivity index (χ1v) is 7.57. The van der Waals surface area contributed by atoms with Crippen LogP contribution < -0.4 is 5.32 Å². The van der Waals surface area contributed by atoms with Gasteiger partial charge in [-0.25, -0.2) is 4.98 Å². The van der Waals surface area contributed by atoms with Crippen molar-refractivity contribution in [3.05, 3.63) is 24.3 Å². The number of nitrogens with zero attached hydrogens (tertiary/aromatic N) is 1. The number of nitrogens with one attached hydrogen (secondary N) is 1. The molecule has 1 saturated carbocycles. The second-order valence-corrected chi connectivity index (χ2v) is 5.73. The SMILES string of the molecule is CCNC(CSc1nc2ccccc2o1)C1CC1. The van der Waals surface area contributed by atoms with Crippen LogP contribution in [0.1, 0.15) is 19.8 Å². The molecule has 1 aromatic heterocycles. The molecule has 1 unspecified atom stereocenters. The molecule has 1 aliphatic rings. The van der Waals surface area contributed by atoms with Crippen LogP contribution in [0.25, 0.3) is 11.1 Å². The number of oxazole rings is 1. The van der Waals surface area contributed by atoms with Crippen LogP contribution in [0.2, 0.25) is 0 Å². The second-order valence-electron chi connectivity index (χ2n) is 4.76. The zero-order chi connectivity index (χ0) is 12.4. The van der Waals surface area contributed by atoms with Crippen LogP contribution in [0.3, 0.4) is 0 Å². The molecule has 1 aromatic carbocycles. The monoisotopic (exact) mass is 262 g/mol. The maximum atomic E-state index is 5.72. The Labute approximate surface area is 111 Å². The smallest absolute Gasteiger partial charge is 0.256 e. The molecule has 1 heterocycles. The highest BCUT2D eigenvalue weighted by molar-refractivity contribution is 7.99. The Morgan fingerprint density at radius 3 is 3.00 bits per heavy atom. The third-order valence-corrected chi connectivity index (χ3v) is 4.27. The van der Waals surface area contributed by atoms with E-state index in [2.05, 4.69) is 17.2 Å². The number of thioether (sulfide) groups is 1. The molecule has 18 heavy (non-hydrogen) atoms. The molecule has 1 aliphatic carbocycles.